The van der Waals surface area contributed by atoms with Crippen LogP contribution in [-0.2, 0) is 4.79 Å². The van der Waals surface area contributed by atoms with E-state index in [1.807, 2.05) is 4.90 Å². The van der Waals surface area contributed by atoms with Crippen molar-refractivity contribution in [2.24, 2.45) is 5.41 Å². The van der Waals surface area contributed by atoms with Crippen LogP contribution in [0.2, 0.25) is 0 Å². The van der Waals surface area contributed by atoms with Crippen LogP contribution in [0.3, 0.4) is 0 Å². The largest absolute Gasteiger partial charge is 0.337 e. The summed E-state index contributed by atoms with van der Waals surface area (Å²) in [6, 6.07) is 0. The van der Waals surface area contributed by atoms with Gasteiger partial charge in [-0.15, -0.1) is 0 Å². The van der Waals surface area contributed by atoms with Gasteiger partial charge in [-0.05, 0) is 25.7 Å². The van der Waals surface area contributed by atoms with E-state index in [4.69, 9.17) is 0 Å². The number of rotatable bonds is 2. The van der Waals surface area contributed by atoms with Gasteiger partial charge in [-0.2, -0.15) is 0 Å². The van der Waals surface area contributed by atoms with Gasteiger partial charge in [0.05, 0.1) is 5.54 Å². The van der Waals surface area contributed by atoms with Crippen LogP contribution in [0.15, 0.2) is 11.6 Å². The maximum absolute atomic E-state index is 12.9. The zero-order valence-electron chi connectivity index (χ0n) is 14.3. The van der Waals surface area contributed by atoms with Gasteiger partial charge in [0.15, 0.2) is 0 Å². The van der Waals surface area contributed by atoms with E-state index >= 15 is 0 Å². The van der Waals surface area contributed by atoms with Crippen molar-refractivity contribution in [1.82, 2.24) is 15.1 Å². The van der Waals surface area contributed by atoms with Crippen LogP contribution < -0.4 is 5.32 Å². The summed E-state index contributed by atoms with van der Waals surface area (Å²) in [5.74, 6) is 0.272. The summed E-state index contributed by atoms with van der Waals surface area (Å²) in [5, 5.41) is 3.35. The molecule has 1 fully saturated rings. The first-order chi connectivity index (χ1) is 9.73. The van der Waals surface area contributed by atoms with Gasteiger partial charge in [-0.1, -0.05) is 32.4 Å². The Kier molecular flexibility index (Phi) is 4.79. The highest BCUT2D eigenvalue weighted by Crippen LogP contribution is 2.31. The van der Waals surface area contributed by atoms with Crippen LogP contribution in [0.4, 0.5) is 0 Å². The van der Waals surface area contributed by atoms with Crippen molar-refractivity contribution in [1.29, 1.82) is 0 Å². The molecule has 21 heavy (non-hydrogen) atoms. The molecule has 1 amide bonds. The summed E-state index contributed by atoms with van der Waals surface area (Å²) in [4.78, 5) is 17.2. The molecule has 2 rings (SSSR count). The summed E-state index contributed by atoms with van der Waals surface area (Å²) >= 11 is 0. The van der Waals surface area contributed by atoms with Gasteiger partial charge in [0, 0.05) is 39.3 Å². The molecule has 2 aliphatic rings. The molecule has 0 bridgehead atoms. The van der Waals surface area contributed by atoms with E-state index in [-0.39, 0.29) is 11.3 Å². The Balaban J connectivity index is 2.02. The van der Waals surface area contributed by atoms with Crippen molar-refractivity contribution in [3.05, 3.63) is 11.6 Å². The number of piperazine rings is 1. The molecule has 1 N–H and O–H groups in total. The van der Waals surface area contributed by atoms with Crippen LogP contribution in [0.1, 0.15) is 41.0 Å². The lowest BCUT2D eigenvalue weighted by atomic mass is 9.82. The molecular weight excluding hydrogens is 262 g/mol. The molecule has 0 aromatic heterocycles. The molecule has 0 radical (unpaired) electrons. The molecule has 0 saturated carbocycles. The molecule has 0 aromatic rings. The van der Waals surface area contributed by atoms with E-state index in [9.17, 15) is 4.79 Å². The van der Waals surface area contributed by atoms with Crippen molar-refractivity contribution in [3.8, 4) is 0 Å². The molecule has 0 atom stereocenters. The fourth-order valence-electron chi connectivity index (χ4n) is 3.28. The maximum Gasteiger partial charge on any atom is 0.242 e. The molecular formula is C17H31N3O. The predicted octanol–water partition coefficient (Wildman–Crippen LogP) is 1.88. The monoisotopic (exact) mass is 293 g/mol. The van der Waals surface area contributed by atoms with Crippen molar-refractivity contribution in [2.75, 3.05) is 39.3 Å². The standard InChI is InChI=1S/C17H31N3O/c1-16(2,3)14-6-10-19(11-7-14)15(21)17(4,5)20-12-8-18-9-13-20/h6,18H,7-13H2,1-5H3. The third-order valence-electron chi connectivity index (χ3n) is 4.89. The van der Waals surface area contributed by atoms with E-state index in [0.717, 1.165) is 45.7 Å². The molecule has 0 aromatic carbocycles. The SMILES string of the molecule is CC(C)(C)C1=CCN(C(=O)C(C)(C)N2CCNCC2)CC1. The third kappa shape index (κ3) is 3.67. The first-order valence-electron chi connectivity index (χ1n) is 8.17. The average Bonchev–Trinajstić information content (AvgIpc) is 2.46. The molecule has 4 heteroatoms. The van der Waals surface area contributed by atoms with Crippen molar-refractivity contribution < 1.29 is 4.79 Å². The van der Waals surface area contributed by atoms with E-state index in [2.05, 4.69) is 50.9 Å². The van der Waals surface area contributed by atoms with E-state index in [1.165, 1.54) is 5.57 Å². The second-order valence-electron chi connectivity index (χ2n) is 7.78. The van der Waals surface area contributed by atoms with Crippen molar-refractivity contribution >= 4 is 5.91 Å². The second-order valence-corrected chi connectivity index (χ2v) is 7.78. The predicted molar refractivity (Wildman–Crippen MR) is 87.3 cm³/mol. The van der Waals surface area contributed by atoms with Crippen LogP contribution >= 0.6 is 0 Å². The first-order valence-corrected chi connectivity index (χ1v) is 8.17. The maximum atomic E-state index is 12.9. The first kappa shape index (κ1) is 16.5. The van der Waals surface area contributed by atoms with Crippen LogP contribution in [0.25, 0.3) is 0 Å². The quantitative estimate of drug-likeness (QED) is 0.790. The summed E-state index contributed by atoms with van der Waals surface area (Å²) in [6.07, 6.45) is 3.27. The molecule has 0 aliphatic carbocycles. The summed E-state index contributed by atoms with van der Waals surface area (Å²) in [6.45, 7) is 16.4. The molecule has 2 aliphatic heterocycles. The Labute approximate surface area is 129 Å². The van der Waals surface area contributed by atoms with Gasteiger partial charge in [-0.3, -0.25) is 9.69 Å². The number of amides is 1. The van der Waals surface area contributed by atoms with Gasteiger partial charge in [0.1, 0.15) is 0 Å². The lowest BCUT2D eigenvalue weighted by Crippen LogP contribution is -2.61. The van der Waals surface area contributed by atoms with Crippen molar-refractivity contribution in [2.45, 2.75) is 46.6 Å². The van der Waals surface area contributed by atoms with Crippen LogP contribution in [0.5, 0.6) is 0 Å². The van der Waals surface area contributed by atoms with Gasteiger partial charge in [0.25, 0.3) is 0 Å². The minimum absolute atomic E-state index is 0.225. The number of hydrogen-bond donors (Lipinski definition) is 1. The smallest absolute Gasteiger partial charge is 0.242 e. The van der Waals surface area contributed by atoms with Gasteiger partial charge < -0.3 is 10.2 Å². The highest BCUT2D eigenvalue weighted by molar-refractivity contribution is 5.85. The summed E-state index contributed by atoms with van der Waals surface area (Å²) in [7, 11) is 0. The molecule has 2 heterocycles. The fourth-order valence-corrected chi connectivity index (χ4v) is 3.28. The van der Waals surface area contributed by atoms with Crippen LogP contribution in [-0.4, -0.2) is 60.5 Å². The molecule has 4 nitrogen and oxygen atoms in total. The normalized spacial score (nSPS) is 22.1. The second kappa shape index (κ2) is 6.09. The molecule has 1 saturated heterocycles. The Morgan fingerprint density at radius 2 is 1.71 bits per heavy atom. The highest BCUT2D eigenvalue weighted by Gasteiger charge is 2.38. The zero-order valence-corrected chi connectivity index (χ0v) is 14.3. The van der Waals surface area contributed by atoms with Gasteiger partial charge >= 0.3 is 0 Å². The minimum Gasteiger partial charge on any atom is -0.337 e. The summed E-state index contributed by atoms with van der Waals surface area (Å²) in [5.41, 5.74) is 1.31. The van der Waals surface area contributed by atoms with E-state index in [0.29, 0.717) is 0 Å². The molecule has 0 spiro atoms. The number of carbonyl (C=O) groups excluding carboxylic acids is 1. The minimum atomic E-state index is -0.394. The number of carbonyl (C=O) groups is 1. The fraction of sp³-hybridized carbons (Fsp3) is 0.824. The number of hydrogen-bond acceptors (Lipinski definition) is 3. The van der Waals surface area contributed by atoms with E-state index < -0.39 is 5.54 Å². The third-order valence-corrected chi connectivity index (χ3v) is 4.89. The topological polar surface area (TPSA) is 35.6 Å². The van der Waals surface area contributed by atoms with E-state index in [1.54, 1.807) is 0 Å². The zero-order chi connectivity index (χ0) is 15.7. The van der Waals surface area contributed by atoms with Crippen molar-refractivity contribution in [3.63, 3.8) is 0 Å². The highest BCUT2D eigenvalue weighted by atomic mass is 16.2. The number of nitrogens with one attached hydrogen (secondary N) is 1. The molecule has 0 unspecified atom stereocenters. The lowest BCUT2D eigenvalue weighted by Gasteiger charge is -2.43. The Bertz CT molecular complexity index is 414. The Morgan fingerprint density at radius 3 is 2.19 bits per heavy atom. The molecule has 120 valence electrons. The number of nitrogens with zero attached hydrogens (tertiary/aromatic N) is 2. The lowest BCUT2D eigenvalue weighted by molar-refractivity contribution is -0.142. The Hall–Kier alpha value is -0.870. The van der Waals surface area contributed by atoms with Gasteiger partial charge in [-0.25, -0.2) is 0 Å². The van der Waals surface area contributed by atoms with Gasteiger partial charge in [0.2, 0.25) is 5.91 Å². The Morgan fingerprint density at radius 1 is 1.10 bits per heavy atom. The summed E-state index contributed by atoms with van der Waals surface area (Å²) < 4.78 is 0. The average molecular weight is 293 g/mol. The van der Waals surface area contributed by atoms with Crippen LogP contribution in [0, 0.1) is 5.41 Å².